The molecule has 0 aliphatic heterocycles. The minimum absolute atomic E-state index is 0.179. The number of hydrogen-bond donors (Lipinski definition) is 1. The molecule has 1 aromatic rings. The Morgan fingerprint density at radius 1 is 1.38 bits per heavy atom. The average molecular weight is 226 g/mol. The van der Waals surface area contributed by atoms with E-state index in [0.29, 0.717) is 12.2 Å². The van der Waals surface area contributed by atoms with Crippen LogP contribution in [0.5, 0.6) is 0 Å². The van der Waals surface area contributed by atoms with Gasteiger partial charge >= 0.3 is 0 Å². The number of halogens is 1. The lowest BCUT2D eigenvalue weighted by Gasteiger charge is -2.26. The first-order valence-electron chi connectivity index (χ1n) is 5.61. The van der Waals surface area contributed by atoms with E-state index < -0.39 is 6.10 Å². The summed E-state index contributed by atoms with van der Waals surface area (Å²) in [5.41, 5.74) is 0.562. The predicted molar refractivity (Wildman–Crippen MR) is 61.6 cm³/mol. The van der Waals surface area contributed by atoms with Crippen molar-refractivity contribution in [2.24, 2.45) is 5.92 Å². The van der Waals surface area contributed by atoms with Crippen molar-refractivity contribution in [3.63, 3.8) is 0 Å². The molecule has 2 atom stereocenters. The van der Waals surface area contributed by atoms with Gasteiger partial charge in [-0.15, -0.1) is 0 Å². The summed E-state index contributed by atoms with van der Waals surface area (Å²) in [6.45, 7) is 6.37. The standard InChI is InChI=1S/C13H19FO2/c1-4-16-13(9(2)3)12(15)10-6-5-7-11(14)8-10/h5-9,12-13,15H,4H2,1-3H3. The van der Waals surface area contributed by atoms with Crippen LogP contribution in [-0.4, -0.2) is 17.8 Å². The van der Waals surface area contributed by atoms with E-state index in [2.05, 4.69) is 0 Å². The fourth-order valence-electron chi connectivity index (χ4n) is 1.72. The first-order valence-corrected chi connectivity index (χ1v) is 5.61. The van der Waals surface area contributed by atoms with E-state index >= 15 is 0 Å². The van der Waals surface area contributed by atoms with Crippen LogP contribution in [0.3, 0.4) is 0 Å². The molecule has 1 N–H and O–H groups in total. The van der Waals surface area contributed by atoms with E-state index in [4.69, 9.17) is 4.74 Å². The van der Waals surface area contributed by atoms with Crippen LogP contribution >= 0.6 is 0 Å². The fourth-order valence-corrected chi connectivity index (χ4v) is 1.72. The molecule has 0 fully saturated rings. The zero-order valence-corrected chi connectivity index (χ0v) is 9.98. The summed E-state index contributed by atoms with van der Waals surface area (Å²) >= 11 is 0. The van der Waals surface area contributed by atoms with Gasteiger partial charge in [0.2, 0.25) is 0 Å². The molecule has 1 rings (SSSR count). The van der Waals surface area contributed by atoms with Gasteiger partial charge < -0.3 is 9.84 Å². The molecule has 0 heterocycles. The van der Waals surface area contributed by atoms with Gasteiger partial charge in [-0.05, 0) is 30.5 Å². The average Bonchev–Trinajstić information content (AvgIpc) is 2.24. The molecule has 0 aromatic heterocycles. The molecular formula is C13H19FO2. The monoisotopic (exact) mass is 226 g/mol. The quantitative estimate of drug-likeness (QED) is 0.836. The molecule has 0 saturated heterocycles. The number of hydrogen-bond acceptors (Lipinski definition) is 2. The van der Waals surface area contributed by atoms with Gasteiger partial charge in [-0.3, -0.25) is 0 Å². The van der Waals surface area contributed by atoms with Crippen molar-refractivity contribution in [2.75, 3.05) is 6.61 Å². The highest BCUT2D eigenvalue weighted by Gasteiger charge is 2.24. The van der Waals surface area contributed by atoms with Crippen molar-refractivity contribution in [2.45, 2.75) is 33.0 Å². The number of aliphatic hydroxyl groups excluding tert-OH is 1. The second kappa shape index (κ2) is 5.97. The molecule has 1 aromatic carbocycles. The van der Waals surface area contributed by atoms with Gasteiger partial charge in [0, 0.05) is 6.61 Å². The summed E-state index contributed by atoms with van der Waals surface area (Å²) in [6.07, 6.45) is -1.08. The Morgan fingerprint density at radius 3 is 2.56 bits per heavy atom. The molecule has 2 nitrogen and oxygen atoms in total. The SMILES string of the molecule is CCOC(C(C)C)C(O)c1cccc(F)c1. The molecule has 0 aliphatic rings. The van der Waals surface area contributed by atoms with Crippen LogP contribution in [0.25, 0.3) is 0 Å². The first kappa shape index (κ1) is 13.1. The summed E-state index contributed by atoms with van der Waals surface area (Å²) in [4.78, 5) is 0. The molecule has 0 aliphatic carbocycles. The van der Waals surface area contributed by atoms with Gasteiger partial charge in [0.25, 0.3) is 0 Å². The highest BCUT2D eigenvalue weighted by Crippen LogP contribution is 2.24. The normalized spacial score (nSPS) is 15.1. The first-order chi connectivity index (χ1) is 7.56. The molecule has 0 radical (unpaired) electrons. The van der Waals surface area contributed by atoms with Gasteiger partial charge in [0.1, 0.15) is 11.9 Å². The van der Waals surface area contributed by atoms with Gasteiger partial charge in [0.05, 0.1) is 6.10 Å². The molecule has 0 amide bonds. The topological polar surface area (TPSA) is 29.5 Å². The predicted octanol–water partition coefficient (Wildman–Crippen LogP) is 2.92. The summed E-state index contributed by atoms with van der Waals surface area (Å²) in [5, 5.41) is 10.1. The second-order valence-electron chi connectivity index (χ2n) is 4.16. The third-order valence-corrected chi connectivity index (χ3v) is 2.52. The Bertz CT molecular complexity index is 325. The number of aliphatic hydroxyl groups is 1. The van der Waals surface area contributed by atoms with Crippen LogP contribution in [0.4, 0.5) is 4.39 Å². The minimum Gasteiger partial charge on any atom is -0.386 e. The van der Waals surface area contributed by atoms with Crippen LogP contribution in [-0.2, 0) is 4.74 Å². The number of benzene rings is 1. The van der Waals surface area contributed by atoms with Gasteiger partial charge in [-0.1, -0.05) is 26.0 Å². The molecule has 0 spiro atoms. The summed E-state index contributed by atoms with van der Waals surface area (Å²) in [6, 6.07) is 6.01. The molecule has 16 heavy (non-hydrogen) atoms. The molecule has 0 bridgehead atoms. The van der Waals surface area contributed by atoms with E-state index in [0.717, 1.165) is 0 Å². The van der Waals surface area contributed by atoms with Gasteiger partial charge in [-0.25, -0.2) is 4.39 Å². The van der Waals surface area contributed by atoms with E-state index in [1.165, 1.54) is 12.1 Å². The van der Waals surface area contributed by atoms with Crippen LogP contribution in [0.2, 0.25) is 0 Å². The summed E-state index contributed by atoms with van der Waals surface area (Å²) in [5.74, 6) is -0.159. The van der Waals surface area contributed by atoms with E-state index in [-0.39, 0.29) is 17.8 Å². The zero-order chi connectivity index (χ0) is 12.1. The Kier molecular flexibility index (Phi) is 4.90. The lowest BCUT2D eigenvalue weighted by atomic mass is 9.96. The largest absolute Gasteiger partial charge is 0.386 e. The number of rotatable bonds is 5. The smallest absolute Gasteiger partial charge is 0.123 e. The van der Waals surface area contributed by atoms with Gasteiger partial charge in [0.15, 0.2) is 0 Å². The Morgan fingerprint density at radius 2 is 2.06 bits per heavy atom. The van der Waals surface area contributed by atoms with Crippen LogP contribution in [0, 0.1) is 11.7 Å². The Balaban J connectivity index is 2.85. The van der Waals surface area contributed by atoms with Crippen molar-refractivity contribution in [1.29, 1.82) is 0 Å². The Hall–Kier alpha value is -0.930. The number of ether oxygens (including phenoxy) is 1. The maximum Gasteiger partial charge on any atom is 0.123 e. The third kappa shape index (κ3) is 3.29. The van der Waals surface area contributed by atoms with Crippen LogP contribution in [0.1, 0.15) is 32.4 Å². The lowest BCUT2D eigenvalue weighted by molar-refractivity contribution is -0.0586. The Labute approximate surface area is 96.1 Å². The van der Waals surface area contributed by atoms with E-state index in [1.54, 1.807) is 12.1 Å². The highest BCUT2D eigenvalue weighted by molar-refractivity contribution is 5.19. The third-order valence-electron chi connectivity index (χ3n) is 2.52. The molecule has 90 valence electrons. The summed E-state index contributed by atoms with van der Waals surface area (Å²) < 4.78 is 18.5. The summed E-state index contributed by atoms with van der Waals surface area (Å²) in [7, 11) is 0. The van der Waals surface area contributed by atoms with E-state index in [1.807, 2.05) is 20.8 Å². The van der Waals surface area contributed by atoms with Crippen LogP contribution < -0.4 is 0 Å². The maximum absolute atomic E-state index is 13.0. The van der Waals surface area contributed by atoms with Crippen LogP contribution in [0.15, 0.2) is 24.3 Å². The van der Waals surface area contributed by atoms with Crippen molar-refractivity contribution in [3.05, 3.63) is 35.6 Å². The molecule has 0 saturated carbocycles. The maximum atomic E-state index is 13.0. The minimum atomic E-state index is -0.782. The molecule has 3 heteroatoms. The van der Waals surface area contributed by atoms with Crippen molar-refractivity contribution in [3.8, 4) is 0 Å². The van der Waals surface area contributed by atoms with E-state index in [9.17, 15) is 9.50 Å². The lowest BCUT2D eigenvalue weighted by Crippen LogP contribution is -2.27. The molecular weight excluding hydrogens is 207 g/mol. The van der Waals surface area contributed by atoms with Crippen molar-refractivity contribution >= 4 is 0 Å². The molecule has 2 unspecified atom stereocenters. The highest BCUT2D eigenvalue weighted by atomic mass is 19.1. The van der Waals surface area contributed by atoms with Gasteiger partial charge in [-0.2, -0.15) is 0 Å². The van der Waals surface area contributed by atoms with Crippen molar-refractivity contribution < 1.29 is 14.2 Å². The zero-order valence-electron chi connectivity index (χ0n) is 9.98. The van der Waals surface area contributed by atoms with Crippen molar-refractivity contribution in [1.82, 2.24) is 0 Å². The fraction of sp³-hybridized carbons (Fsp3) is 0.538. The second-order valence-corrected chi connectivity index (χ2v) is 4.16.